The maximum atomic E-state index is 11.7. The Kier molecular flexibility index (Phi) is 11.5. The van der Waals surface area contributed by atoms with Crippen molar-refractivity contribution in [3.8, 4) is 0 Å². The first-order valence-corrected chi connectivity index (χ1v) is 6.27. The molecule has 116 valence electrons. The third kappa shape index (κ3) is 7.58. The third-order valence-electron chi connectivity index (χ3n) is 3.15. The van der Waals surface area contributed by atoms with Crippen molar-refractivity contribution in [3.63, 3.8) is 0 Å². The predicted molar refractivity (Wildman–Crippen MR) is 89.8 cm³/mol. The van der Waals surface area contributed by atoms with Crippen molar-refractivity contribution >= 4 is 36.4 Å². The van der Waals surface area contributed by atoms with Crippen molar-refractivity contribution in [2.45, 2.75) is 25.8 Å². The molecule has 1 rings (SSSR count). The number of carbonyl (C=O) groups excluding carboxylic acids is 1. The van der Waals surface area contributed by atoms with Gasteiger partial charge in [0, 0.05) is 24.7 Å². The number of nitrogens with two attached hydrogens (primary N) is 1. The molecule has 1 atom stereocenters. The topological polar surface area (TPSA) is 58.4 Å². The van der Waals surface area contributed by atoms with E-state index in [2.05, 4.69) is 17.1 Å². The van der Waals surface area contributed by atoms with Crippen LogP contribution in [-0.2, 0) is 11.2 Å². The highest BCUT2D eigenvalue weighted by molar-refractivity contribution is 5.85. The quantitative estimate of drug-likeness (QED) is 0.789. The Morgan fingerprint density at radius 3 is 2.45 bits per heavy atom. The van der Waals surface area contributed by atoms with Crippen LogP contribution in [0.1, 0.15) is 18.9 Å². The fraction of sp³-hybridized carbons (Fsp3) is 0.500. The average Bonchev–Trinajstić information content (AvgIpc) is 2.34. The summed E-state index contributed by atoms with van der Waals surface area (Å²) in [5.41, 5.74) is 7.62. The average molecular weight is 322 g/mol. The van der Waals surface area contributed by atoms with Crippen molar-refractivity contribution in [1.82, 2.24) is 10.2 Å². The zero-order valence-corrected chi connectivity index (χ0v) is 13.9. The van der Waals surface area contributed by atoms with Gasteiger partial charge in [-0.3, -0.25) is 4.79 Å². The zero-order valence-electron chi connectivity index (χ0n) is 12.3. The van der Waals surface area contributed by atoms with Crippen LogP contribution in [-0.4, -0.2) is 37.5 Å². The number of likely N-dealkylation sites (N-methyl/N-ethyl adjacent to an activating group) is 1. The molecule has 20 heavy (non-hydrogen) atoms. The van der Waals surface area contributed by atoms with E-state index in [1.807, 2.05) is 38.4 Å². The summed E-state index contributed by atoms with van der Waals surface area (Å²) in [6, 6.07) is 8.01. The number of amides is 1. The van der Waals surface area contributed by atoms with Gasteiger partial charge in [0.1, 0.15) is 0 Å². The van der Waals surface area contributed by atoms with Gasteiger partial charge in [0.15, 0.2) is 0 Å². The van der Waals surface area contributed by atoms with Gasteiger partial charge in [-0.2, -0.15) is 0 Å². The SMILES string of the molecule is CC(CNC(=O)CCc1ccccc1N)N(C)C.Cl.Cl. The molecule has 0 spiro atoms. The number of carbonyl (C=O) groups is 1. The Labute approximate surface area is 133 Å². The summed E-state index contributed by atoms with van der Waals surface area (Å²) < 4.78 is 0. The molecule has 1 aromatic carbocycles. The summed E-state index contributed by atoms with van der Waals surface area (Å²) in [5, 5.41) is 2.93. The van der Waals surface area contributed by atoms with Gasteiger partial charge in [-0.1, -0.05) is 18.2 Å². The van der Waals surface area contributed by atoms with Crippen LogP contribution in [0, 0.1) is 0 Å². The van der Waals surface area contributed by atoms with E-state index in [0.29, 0.717) is 25.4 Å². The Hall–Kier alpha value is -0.970. The molecule has 0 aliphatic heterocycles. The lowest BCUT2D eigenvalue weighted by Crippen LogP contribution is -2.38. The minimum absolute atomic E-state index is 0. The Balaban J connectivity index is 0. The third-order valence-corrected chi connectivity index (χ3v) is 3.15. The van der Waals surface area contributed by atoms with Gasteiger partial charge in [0.05, 0.1) is 0 Å². The molecule has 1 unspecified atom stereocenters. The van der Waals surface area contributed by atoms with E-state index in [0.717, 1.165) is 11.3 Å². The van der Waals surface area contributed by atoms with Crippen LogP contribution in [0.4, 0.5) is 5.69 Å². The number of anilines is 1. The van der Waals surface area contributed by atoms with E-state index in [-0.39, 0.29) is 30.7 Å². The molecular formula is C14H25Cl2N3O. The first-order chi connectivity index (χ1) is 8.50. The molecular weight excluding hydrogens is 297 g/mol. The fourth-order valence-corrected chi connectivity index (χ4v) is 1.54. The van der Waals surface area contributed by atoms with Gasteiger partial charge < -0.3 is 16.0 Å². The van der Waals surface area contributed by atoms with Crippen molar-refractivity contribution < 1.29 is 4.79 Å². The van der Waals surface area contributed by atoms with Crippen LogP contribution in [0.25, 0.3) is 0 Å². The lowest BCUT2D eigenvalue weighted by Gasteiger charge is -2.19. The Bertz CT molecular complexity index is 400. The monoisotopic (exact) mass is 321 g/mol. The largest absolute Gasteiger partial charge is 0.399 e. The summed E-state index contributed by atoms with van der Waals surface area (Å²) in [6.45, 7) is 2.76. The van der Waals surface area contributed by atoms with Gasteiger partial charge in [0.2, 0.25) is 5.91 Å². The molecule has 1 amide bonds. The van der Waals surface area contributed by atoms with E-state index < -0.39 is 0 Å². The van der Waals surface area contributed by atoms with E-state index in [1.165, 1.54) is 0 Å². The summed E-state index contributed by atoms with van der Waals surface area (Å²) in [5.74, 6) is 0.0759. The number of para-hydroxylation sites is 1. The lowest BCUT2D eigenvalue weighted by molar-refractivity contribution is -0.121. The lowest BCUT2D eigenvalue weighted by atomic mass is 10.1. The predicted octanol–water partition coefficient (Wildman–Crippen LogP) is 2.11. The molecule has 0 heterocycles. The normalized spacial score (nSPS) is 11.2. The molecule has 0 radical (unpaired) electrons. The van der Waals surface area contributed by atoms with Crippen LogP contribution in [0.3, 0.4) is 0 Å². The second-order valence-corrected chi connectivity index (χ2v) is 4.82. The maximum absolute atomic E-state index is 11.7. The molecule has 4 nitrogen and oxygen atoms in total. The minimum atomic E-state index is 0. The molecule has 6 heteroatoms. The Morgan fingerprint density at radius 1 is 1.30 bits per heavy atom. The number of nitrogens with zero attached hydrogens (tertiary/aromatic N) is 1. The van der Waals surface area contributed by atoms with Crippen LogP contribution < -0.4 is 11.1 Å². The highest BCUT2D eigenvalue weighted by atomic mass is 35.5. The molecule has 3 N–H and O–H groups in total. The molecule has 0 saturated heterocycles. The second kappa shape index (κ2) is 10.8. The zero-order chi connectivity index (χ0) is 13.5. The molecule has 0 fully saturated rings. The van der Waals surface area contributed by atoms with Crippen molar-refractivity contribution in [2.24, 2.45) is 0 Å². The fourth-order valence-electron chi connectivity index (χ4n) is 1.54. The first kappa shape index (κ1) is 21.3. The van der Waals surface area contributed by atoms with E-state index in [4.69, 9.17) is 5.73 Å². The molecule has 0 saturated carbocycles. The molecule has 0 bridgehead atoms. The van der Waals surface area contributed by atoms with Crippen molar-refractivity contribution in [3.05, 3.63) is 29.8 Å². The van der Waals surface area contributed by atoms with Crippen LogP contribution in [0.2, 0.25) is 0 Å². The van der Waals surface area contributed by atoms with E-state index >= 15 is 0 Å². The van der Waals surface area contributed by atoms with Gasteiger partial charge >= 0.3 is 0 Å². The van der Waals surface area contributed by atoms with Gasteiger partial charge in [-0.05, 0) is 39.1 Å². The van der Waals surface area contributed by atoms with Crippen molar-refractivity contribution in [2.75, 3.05) is 26.4 Å². The summed E-state index contributed by atoms with van der Waals surface area (Å²) in [4.78, 5) is 13.8. The number of halogens is 2. The maximum Gasteiger partial charge on any atom is 0.220 e. The van der Waals surface area contributed by atoms with Gasteiger partial charge in [0.25, 0.3) is 0 Å². The van der Waals surface area contributed by atoms with E-state index in [1.54, 1.807) is 0 Å². The summed E-state index contributed by atoms with van der Waals surface area (Å²) in [7, 11) is 4.00. The molecule has 0 aliphatic rings. The van der Waals surface area contributed by atoms with Crippen LogP contribution in [0.15, 0.2) is 24.3 Å². The summed E-state index contributed by atoms with van der Waals surface area (Å²) >= 11 is 0. The molecule has 1 aromatic rings. The van der Waals surface area contributed by atoms with Gasteiger partial charge in [-0.25, -0.2) is 0 Å². The molecule has 0 aromatic heterocycles. The second-order valence-electron chi connectivity index (χ2n) is 4.82. The van der Waals surface area contributed by atoms with Crippen LogP contribution in [0.5, 0.6) is 0 Å². The number of benzene rings is 1. The number of hydrogen-bond acceptors (Lipinski definition) is 3. The van der Waals surface area contributed by atoms with Crippen molar-refractivity contribution in [1.29, 1.82) is 0 Å². The number of nitrogen functional groups attached to an aromatic ring is 1. The highest BCUT2D eigenvalue weighted by Gasteiger charge is 2.07. The smallest absolute Gasteiger partial charge is 0.220 e. The van der Waals surface area contributed by atoms with Gasteiger partial charge in [-0.15, -0.1) is 24.8 Å². The minimum Gasteiger partial charge on any atom is -0.399 e. The highest BCUT2D eigenvalue weighted by Crippen LogP contribution is 2.12. The Morgan fingerprint density at radius 2 is 1.90 bits per heavy atom. The number of rotatable bonds is 6. The number of aryl methyl sites for hydroxylation is 1. The standard InChI is InChI=1S/C14H23N3O.2ClH/c1-11(17(2)3)10-16-14(18)9-8-12-6-4-5-7-13(12)15;;/h4-7,11H,8-10,15H2,1-3H3,(H,16,18);2*1H. The van der Waals surface area contributed by atoms with Crippen LogP contribution >= 0.6 is 24.8 Å². The number of hydrogen-bond donors (Lipinski definition) is 2. The summed E-state index contributed by atoms with van der Waals surface area (Å²) in [6.07, 6.45) is 1.17. The number of nitrogens with one attached hydrogen (secondary N) is 1. The molecule has 0 aliphatic carbocycles. The first-order valence-electron chi connectivity index (χ1n) is 6.27. The van der Waals surface area contributed by atoms with E-state index in [9.17, 15) is 4.79 Å².